The van der Waals surface area contributed by atoms with Crippen LogP contribution in [0.1, 0.15) is 78.2 Å². The molecule has 4 atom stereocenters. The van der Waals surface area contributed by atoms with E-state index < -0.39 is 51.6 Å². The molecule has 1 aliphatic carbocycles. The Kier molecular flexibility index (Phi) is 12.9. The number of carbonyl (C=O) groups is 3. The van der Waals surface area contributed by atoms with Crippen LogP contribution in [-0.2, 0) is 14.3 Å². The molecule has 1 aromatic heterocycles. The Balaban J connectivity index is 1.13. The van der Waals surface area contributed by atoms with E-state index in [-0.39, 0.29) is 25.4 Å². The van der Waals surface area contributed by atoms with Crippen LogP contribution in [0, 0.1) is 6.92 Å². The van der Waals surface area contributed by atoms with Crippen molar-refractivity contribution in [2.24, 2.45) is 0 Å². The highest BCUT2D eigenvalue weighted by molar-refractivity contribution is 8.02. The largest absolute Gasteiger partial charge is 0.465 e. The summed E-state index contributed by atoms with van der Waals surface area (Å²) in [5.74, 6) is -1.34. The molecule has 0 bridgehead atoms. The molecule has 6 aromatic carbocycles. The van der Waals surface area contributed by atoms with Crippen molar-refractivity contribution >= 4 is 41.0 Å². The summed E-state index contributed by atoms with van der Waals surface area (Å²) in [6.45, 7) is 7.60. The molecule has 9 nitrogen and oxygen atoms in total. The molecule has 9 rings (SSSR count). The van der Waals surface area contributed by atoms with Gasteiger partial charge in [0.1, 0.15) is 12.1 Å². The van der Waals surface area contributed by atoms with Gasteiger partial charge in [0.25, 0.3) is 0 Å². The molecule has 3 N–H and O–H groups in total. The summed E-state index contributed by atoms with van der Waals surface area (Å²) in [6.07, 6.45) is -2.26. The number of carboxylic acid groups (broad SMARTS) is 1. The van der Waals surface area contributed by atoms with Gasteiger partial charge in [-0.3, -0.25) is 14.5 Å². The number of aryl methyl sites for hydroxylation is 1. The molecule has 340 valence electrons. The molecule has 1 saturated heterocycles. The van der Waals surface area contributed by atoms with Gasteiger partial charge < -0.3 is 20.4 Å². The summed E-state index contributed by atoms with van der Waals surface area (Å²) < 4.78 is -2.14. The number of likely N-dealkylation sites (tertiary alicyclic amines) is 1. The lowest BCUT2D eigenvalue weighted by Crippen LogP contribution is -2.62. The fourth-order valence-electron chi connectivity index (χ4n) is 10.3. The second kappa shape index (κ2) is 19.0. The molecule has 2 heterocycles. The van der Waals surface area contributed by atoms with Gasteiger partial charge in [-0.1, -0.05) is 164 Å². The van der Waals surface area contributed by atoms with Crippen molar-refractivity contribution in [3.8, 4) is 21.6 Å². The van der Waals surface area contributed by atoms with Gasteiger partial charge in [-0.25, -0.2) is 9.78 Å². The quantitative estimate of drug-likeness (QED) is 0.0928. The summed E-state index contributed by atoms with van der Waals surface area (Å²) in [5.41, 5.74) is 11.6. The molecule has 11 heteroatoms. The van der Waals surface area contributed by atoms with E-state index in [1.165, 1.54) is 21.6 Å². The highest BCUT2D eigenvalue weighted by Crippen LogP contribution is 2.55. The second-order valence-corrected chi connectivity index (χ2v) is 20.8. The molecule has 3 amide bonds. The Bertz CT molecular complexity index is 2730. The Labute approximate surface area is 400 Å². The maximum absolute atomic E-state index is 16.0. The number of hydrogen-bond acceptors (Lipinski definition) is 7. The van der Waals surface area contributed by atoms with E-state index in [2.05, 4.69) is 58.8 Å². The first-order valence-electron chi connectivity index (χ1n) is 22.7. The van der Waals surface area contributed by atoms with Gasteiger partial charge in [-0.2, -0.15) is 0 Å². The number of amides is 3. The predicted octanol–water partition coefficient (Wildman–Crippen LogP) is 10.9. The standard InChI is InChI=1S/C56H54N4O5S2/c1-36(38-28-30-39(31-29-38)50-37(2)57-35-66-50)58-52(62)49-32-43(61)33-59(49)53(63)51(60(54(64)65)34-48-46-26-16-14-24-44(46)45-25-15-17-27-47(45)48)55(3,4)67-56(40-18-8-5-9-19-40,41-20-10-6-11-21-41)42-22-12-7-13-23-42/h5-31,35-36,43,48-49,51,61H,32-34H2,1-4H3,(H,58,62)(H,64,65)/t36-,43+,49+,51+/m0/s1. The van der Waals surface area contributed by atoms with Crippen LogP contribution in [0.5, 0.6) is 0 Å². The molecule has 7 aromatic rings. The molecular weight excluding hydrogens is 873 g/mol. The van der Waals surface area contributed by atoms with E-state index in [1.54, 1.807) is 11.3 Å². The summed E-state index contributed by atoms with van der Waals surface area (Å²) in [5, 5.41) is 26.1. The number of rotatable bonds is 14. The topological polar surface area (TPSA) is 123 Å². The van der Waals surface area contributed by atoms with E-state index in [0.717, 1.165) is 60.6 Å². The number of thioether (sulfide) groups is 1. The summed E-state index contributed by atoms with van der Waals surface area (Å²) >= 11 is 3.10. The maximum atomic E-state index is 16.0. The lowest BCUT2D eigenvalue weighted by Gasteiger charge is -2.47. The third-order valence-electron chi connectivity index (χ3n) is 13.4. The second-order valence-electron chi connectivity index (χ2n) is 18.1. The zero-order valence-electron chi connectivity index (χ0n) is 38.0. The third kappa shape index (κ3) is 8.79. The van der Waals surface area contributed by atoms with Gasteiger partial charge in [-0.05, 0) is 77.8 Å². The minimum absolute atomic E-state index is 0.00656. The Hall–Kier alpha value is -6.53. The number of hydrogen-bond donors (Lipinski definition) is 3. The number of nitrogens with one attached hydrogen (secondary N) is 1. The van der Waals surface area contributed by atoms with E-state index in [1.807, 2.05) is 148 Å². The SMILES string of the molecule is Cc1ncsc1-c1ccc([C@H](C)NC(=O)[C@H]2C[C@@H](O)CN2C(=O)[C@@H](N(CC2c3ccccc3-c3ccccc32)C(=O)O)C(C)(C)SC(c2ccccc2)(c2ccccc2)c2ccccc2)cc1. The van der Waals surface area contributed by atoms with Crippen LogP contribution >= 0.6 is 23.1 Å². The monoisotopic (exact) mass is 926 g/mol. The smallest absolute Gasteiger partial charge is 0.408 e. The van der Waals surface area contributed by atoms with E-state index in [4.69, 9.17) is 0 Å². The molecule has 2 aliphatic rings. The van der Waals surface area contributed by atoms with Crippen molar-refractivity contribution < 1.29 is 24.6 Å². The Morgan fingerprint density at radius 3 is 1.78 bits per heavy atom. The zero-order chi connectivity index (χ0) is 46.9. The van der Waals surface area contributed by atoms with Crippen molar-refractivity contribution in [2.75, 3.05) is 13.1 Å². The minimum Gasteiger partial charge on any atom is -0.465 e. The number of aliphatic hydroxyl groups is 1. The van der Waals surface area contributed by atoms with Crippen LogP contribution < -0.4 is 5.32 Å². The Morgan fingerprint density at radius 2 is 1.28 bits per heavy atom. The number of β-amino-alcohol motifs (C(OH)–C–C–N with tert-alkyl or cyclic N) is 1. The van der Waals surface area contributed by atoms with Crippen LogP contribution in [0.4, 0.5) is 4.79 Å². The molecule has 0 unspecified atom stereocenters. The molecule has 1 aliphatic heterocycles. The number of benzene rings is 6. The Morgan fingerprint density at radius 1 is 0.776 bits per heavy atom. The van der Waals surface area contributed by atoms with Crippen LogP contribution in [-0.4, -0.2) is 78.9 Å². The molecule has 1 fully saturated rings. The first-order chi connectivity index (χ1) is 32.4. The van der Waals surface area contributed by atoms with Gasteiger partial charge in [0, 0.05) is 30.2 Å². The van der Waals surface area contributed by atoms with Gasteiger partial charge in [0.05, 0.1) is 33.0 Å². The van der Waals surface area contributed by atoms with E-state index in [9.17, 15) is 19.8 Å². The fraction of sp³-hybridized carbons (Fsp3) is 0.250. The van der Waals surface area contributed by atoms with Crippen molar-refractivity contribution in [3.63, 3.8) is 0 Å². The van der Waals surface area contributed by atoms with Gasteiger partial charge in [0.15, 0.2) is 0 Å². The van der Waals surface area contributed by atoms with Crippen molar-refractivity contribution in [3.05, 3.63) is 208 Å². The first-order valence-corrected chi connectivity index (χ1v) is 24.4. The normalized spacial score (nSPS) is 16.8. The average Bonchev–Trinajstić information content (AvgIpc) is 4.06. The fourth-order valence-corrected chi connectivity index (χ4v) is 13.0. The number of aliphatic hydroxyl groups excluding tert-OH is 1. The lowest BCUT2D eigenvalue weighted by atomic mass is 9.84. The van der Waals surface area contributed by atoms with Crippen molar-refractivity contribution in [1.29, 1.82) is 0 Å². The maximum Gasteiger partial charge on any atom is 0.408 e. The third-order valence-corrected chi connectivity index (χ3v) is 16.1. The molecule has 0 radical (unpaired) electrons. The minimum atomic E-state index is -1.34. The zero-order valence-corrected chi connectivity index (χ0v) is 39.6. The number of aromatic nitrogens is 1. The van der Waals surface area contributed by atoms with Gasteiger partial charge in [0.2, 0.25) is 11.8 Å². The van der Waals surface area contributed by atoms with Crippen LogP contribution in [0.15, 0.2) is 169 Å². The predicted molar refractivity (Wildman–Crippen MR) is 268 cm³/mol. The summed E-state index contributed by atoms with van der Waals surface area (Å²) in [4.78, 5) is 53.0. The van der Waals surface area contributed by atoms with Crippen LogP contribution in [0.2, 0.25) is 0 Å². The van der Waals surface area contributed by atoms with Crippen LogP contribution in [0.25, 0.3) is 21.6 Å². The first kappa shape index (κ1) is 45.6. The average molecular weight is 927 g/mol. The summed E-state index contributed by atoms with van der Waals surface area (Å²) in [6, 6.07) is 51.6. The van der Waals surface area contributed by atoms with E-state index in [0.29, 0.717) is 0 Å². The van der Waals surface area contributed by atoms with Gasteiger partial charge in [-0.15, -0.1) is 23.1 Å². The van der Waals surface area contributed by atoms with Crippen molar-refractivity contribution in [2.45, 2.75) is 73.8 Å². The number of fused-ring (bicyclic) bond motifs is 3. The highest BCUT2D eigenvalue weighted by atomic mass is 32.2. The lowest BCUT2D eigenvalue weighted by molar-refractivity contribution is -0.143. The van der Waals surface area contributed by atoms with Crippen molar-refractivity contribution in [1.82, 2.24) is 20.1 Å². The summed E-state index contributed by atoms with van der Waals surface area (Å²) in [7, 11) is 0. The highest BCUT2D eigenvalue weighted by Gasteiger charge is 2.54. The number of nitrogens with zero attached hydrogens (tertiary/aromatic N) is 3. The van der Waals surface area contributed by atoms with Gasteiger partial charge >= 0.3 is 6.09 Å². The van der Waals surface area contributed by atoms with E-state index >= 15 is 4.79 Å². The number of thiazole rings is 1. The van der Waals surface area contributed by atoms with Crippen LogP contribution in [0.3, 0.4) is 0 Å². The number of carbonyl (C=O) groups excluding carboxylic acids is 2. The molecule has 0 spiro atoms. The molecule has 67 heavy (non-hydrogen) atoms. The molecule has 0 saturated carbocycles. The molecular formula is C56H54N4O5S2.